The van der Waals surface area contributed by atoms with E-state index in [4.69, 9.17) is 16.3 Å². The smallest absolute Gasteiger partial charge is 0.341 e. The first-order chi connectivity index (χ1) is 9.38. The average molecular weight is 357 g/mol. The second kappa shape index (κ2) is 5.81. The van der Waals surface area contributed by atoms with Crippen molar-refractivity contribution in [2.45, 2.75) is 13.8 Å². The van der Waals surface area contributed by atoms with Crippen LogP contribution in [0, 0.1) is 13.8 Å². The highest BCUT2D eigenvalue weighted by molar-refractivity contribution is 9.10. The molecule has 0 amide bonds. The number of nitrogens with zero attached hydrogens (tertiary/aromatic N) is 1. The van der Waals surface area contributed by atoms with Crippen molar-refractivity contribution < 1.29 is 14.6 Å². The average Bonchev–Trinajstić information content (AvgIpc) is 2.31. The summed E-state index contributed by atoms with van der Waals surface area (Å²) in [5.41, 5.74) is 1.16. The Morgan fingerprint density at radius 3 is 2.60 bits per heavy atom. The molecule has 6 heteroatoms. The molecule has 1 aromatic heterocycles. The van der Waals surface area contributed by atoms with Crippen molar-refractivity contribution >= 4 is 33.5 Å². The van der Waals surface area contributed by atoms with Gasteiger partial charge in [0.2, 0.25) is 0 Å². The first-order valence-corrected chi connectivity index (χ1v) is 6.90. The van der Waals surface area contributed by atoms with Crippen molar-refractivity contribution in [1.29, 1.82) is 0 Å². The number of carboxylic acid groups (broad SMARTS) is 1. The minimum Gasteiger partial charge on any atom is -0.477 e. The summed E-state index contributed by atoms with van der Waals surface area (Å²) in [6.07, 6.45) is 0. The van der Waals surface area contributed by atoms with E-state index in [-0.39, 0.29) is 11.3 Å². The Morgan fingerprint density at radius 1 is 1.30 bits per heavy atom. The number of aromatic nitrogens is 1. The molecular weight excluding hydrogens is 346 g/mol. The lowest BCUT2D eigenvalue weighted by atomic mass is 10.1. The Morgan fingerprint density at radius 2 is 2.00 bits per heavy atom. The Kier molecular flexibility index (Phi) is 4.30. The molecule has 0 bridgehead atoms. The lowest BCUT2D eigenvalue weighted by Crippen LogP contribution is -2.06. The fourth-order valence-corrected chi connectivity index (χ4v) is 2.57. The van der Waals surface area contributed by atoms with Crippen molar-refractivity contribution in [3.8, 4) is 11.5 Å². The van der Waals surface area contributed by atoms with E-state index >= 15 is 0 Å². The first kappa shape index (κ1) is 14.8. The van der Waals surface area contributed by atoms with Gasteiger partial charge >= 0.3 is 5.97 Å². The second-order valence-electron chi connectivity index (χ2n) is 4.20. The van der Waals surface area contributed by atoms with Crippen molar-refractivity contribution in [3.05, 3.63) is 50.7 Å². The molecule has 1 aromatic carbocycles. The van der Waals surface area contributed by atoms with Gasteiger partial charge in [-0.2, -0.15) is 0 Å². The number of halogens is 2. The van der Waals surface area contributed by atoms with Gasteiger partial charge in [0.1, 0.15) is 17.1 Å². The predicted molar refractivity (Wildman–Crippen MR) is 79.9 cm³/mol. The summed E-state index contributed by atoms with van der Waals surface area (Å²) in [6.45, 7) is 3.42. The normalized spacial score (nSPS) is 10.4. The van der Waals surface area contributed by atoms with Gasteiger partial charge in [0.05, 0.1) is 10.2 Å². The molecule has 0 saturated carbocycles. The topological polar surface area (TPSA) is 59.4 Å². The van der Waals surface area contributed by atoms with Gasteiger partial charge in [0, 0.05) is 16.8 Å². The van der Waals surface area contributed by atoms with Crippen LogP contribution in [-0.2, 0) is 0 Å². The molecule has 0 aliphatic rings. The van der Waals surface area contributed by atoms with Crippen LogP contribution in [0.5, 0.6) is 11.5 Å². The molecule has 0 aliphatic carbocycles. The van der Waals surface area contributed by atoms with Crippen LogP contribution in [0.3, 0.4) is 0 Å². The molecule has 2 rings (SSSR count). The van der Waals surface area contributed by atoms with Gasteiger partial charge in [0.25, 0.3) is 0 Å². The van der Waals surface area contributed by atoms with Crippen molar-refractivity contribution in [3.63, 3.8) is 0 Å². The fraction of sp³-hybridized carbons (Fsp3) is 0.143. The van der Waals surface area contributed by atoms with Gasteiger partial charge in [-0.15, -0.1) is 0 Å². The SMILES string of the molecule is Cc1cc(Oc2ccc(Cl)cc2Br)c(C(=O)O)c(C)n1. The van der Waals surface area contributed by atoms with E-state index < -0.39 is 5.97 Å². The number of aromatic carboxylic acids is 1. The highest BCUT2D eigenvalue weighted by atomic mass is 79.9. The molecule has 0 radical (unpaired) electrons. The summed E-state index contributed by atoms with van der Waals surface area (Å²) < 4.78 is 6.34. The van der Waals surface area contributed by atoms with E-state index in [9.17, 15) is 9.90 Å². The molecule has 2 aromatic rings. The predicted octanol–water partition coefficient (Wildman–Crippen LogP) is 4.60. The summed E-state index contributed by atoms with van der Waals surface area (Å²) in [7, 11) is 0. The number of hydrogen-bond acceptors (Lipinski definition) is 3. The van der Waals surface area contributed by atoms with Crippen molar-refractivity contribution in [2.24, 2.45) is 0 Å². The highest BCUT2D eigenvalue weighted by Crippen LogP contribution is 2.34. The Balaban J connectivity index is 2.50. The van der Waals surface area contributed by atoms with Gasteiger partial charge in [0.15, 0.2) is 0 Å². The van der Waals surface area contributed by atoms with Crippen LogP contribution in [-0.4, -0.2) is 16.1 Å². The van der Waals surface area contributed by atoms with E-state index in [2.05, 4.69) is 20.9 Å². The highest BCUT2D eigenvalue weighted by Gasteiger charge is 2.18. The summed E-state index contributed by atoms with van der Waals surface area (Å²) >= 11 is 9.19. The number of pyridine rings is 1. The molecule has 104 valence electrons. The van der Waals surface area contributed by atoms with Gasteiger partial charge in [-0.3, -0.25) is 4.98 Å². The molecule has 0 atom stereocenters. The van der Waals surface area contributed by atoms with Crippen LogP contribution in [0.25, 0.3) is 0 Å². The van der Waals surface area contributed by atoms with E-state index in [1.807, 2.05) is 0 Å². The van der Waals surface area contributed by atoms with Crippen LogP contribution < -0.4 is 4.74 Å². The molecule has 4 nitrogen and oxygen atoms in total. The van der Waals surface area contributed by atoms with Gasteiger partial charge in [-0.05, 0) is 48.0 Å². The number of rotatable bonds is 3. The third-order valence-corrected chi connectivity index (χ3v) is 3.47. The van der Waals surface area contributed by atoms with Crippen LogP contribution in [0.1, 0.15) is 21.7 Å². The maximum absolute atomic E-state index is 11.3. The molecule has 0 unspecified atom stereocenters. The number of carbonyl (C=O) groups is 1. The zero-order chi connectivity index (χ0) is 14.9. The van der Waals surface area contributed by atoms with Crippen LogP contribution in [0.4, 0.5) is 0 Å². The zero-order valence-electron chi connectivity index (χ0n) is 10.8. The lowest BCUT2D eigenvalue weighted by Gasteiger charge is -2.12. The number of benzene rings is 1. The monoisotopic (exact) mass is 355 g/mol. The Hall–Kier alpha value is -1.59. The number of aryl methyl sites for hydroxylation is 2. The minimum atomic E-state index is -1.07. The second-order valence-corrected chi connectivity index (χ2v) is 5.49. The van der Waals surface area contributed by atoms with E-state index in [0.29, 0.717) is 26.6 Å². The Bertz CT molecular complexity index is 688. The molecule has 0 aliphatic heterocycles. The maximum atomic E-state index is 11.3. The summed E-state index contributed by atoms with van der Waals surface area (Å²) in [6, 6.07) is 6.61. The summed E-state index contributed by atoms with van der Waals surface area (Å²) in [5, 5.41) is 9.84. The third-order valence-electron chi connectivity index (χ3n) is 2.62. The van der Waals surface area contributed by atoms with Crippen molar-refractivity contribution in [2.75, 3.05) is 0 Å². The van der Waals surface area contributed by atoms with Crippen LogP contribution in [0.2, 0.25) is 5.02 Å². The fourth-order valence-electron chi connectivity index (χ4n) is 1.81. The molecular formula is C14H11BrClNO3. The summed E-state index contributed by atoms with van der Waals surface area (Å²) in [4.78, 5) is 15.5. The zero-order valence-corrected chi connectivity index (χ0v) is 13.1. The van der Waals surface area contributed by atoms with Crippen LogP contribution in [0.15, 0.2) is 28.7 Å². The van der Waals surface area contributed by atoms with Crippen molar-refractivity contribution in [1.82, 2.24) is 4.98 Å². The quantitative estimate of drug-likeness (QED) is 0.873. The molecule has 20 heavy (non-hydrogen) atoms. The molecule has 1 N–H and O–H groups in total. The lowest BCUT2D eigenvalue weighted by molar-refractivity contribution is 0.0692. The van der Waals surface area contributed by atoms with Gasteiger partial charge in [-0.25, -0.2) is 4.79 Å². The number of hydrogen-bond donors (Lipinski definition) is 1. The molecule has 0 spiro atoms. The number of ether oxygens (including phenoxy) is 1. The van der Waals surface area contributed by atoms with E-state index in [1.165, 1.54) is 0 Å². The molecule has 0 saturated heterocycles. The molecule has 0 fully saturated rings. The van der Waals surface area contributed by atoms with E-state index in [0.717, 1.165) is 0 Å². The third kappa shape index (κ3) is 3.11. The maximum Gasteiger partial charge on any atom is 0.341 e. The van der Waals surface area contributed by atoms with Gasteiger partial charge < -0.3 is 9.84 Å². The number of carboxylic acids is 1. The van der Waals surface area contributed by atoms with Gasteiger partial charge in [-0.1, -0.05) is 11.6 Å². The summed E-state index contributed by atoms with van der Waals surface area (Å²) in [5.74, 6) is -0.331. The minimum absolute atomic E-state index is 0.0532. The largest absolute Gasteiger partial charge is 0.477 e. The molecule has 1 heterocycles. The first-order valence-electron chi connectivity index (χ1n) is 5.73. The van der Waals surface area contributed by atoms with Crippen LogP contribution >= 0.6 is 27.5 Å². The Labute approximate surface area is 129 Å². The van der Waals surface area contributed by atoms with E-state index in [1.54, 1.807) is 38.1 Å². The standard InChI is InChI=1S/C14H11BrClNO3/c1-7-5-12(13(14(18)19)8(2)17-7)20-11-4-3-9(16)6-10(11)15/h3-6H,1-2H3,(H,18,19).